The Labute approximate surface area is 79.7 Å². The number of nitrogens with zero attached hydrogens (tertiary/aromatic N) is 1. The third-order valence-corrected chi connectivity index (χ3v) is 2.61. The topological polar surface area (TPSA) is 40.5 Å². The number of rotatable bonds is 4. The lowest BCUT2D eigenvalue weighted by atomic mass is 10.0. The number of likely N-dealkylation sites (tertiary alicyclic amines) is 1. The molecule has 13 heavy (non-hydrogen) atoms. The Bertz CT molecular complexity index is 170. The minimum Gasteiger partial charge on any atom is -0.481 e. The number of hydrogen-bond donors (Lipinski definition) is 1. The van der Waals surface area contributed by atoms with E-state index in [4.69, 9.17) is 5.11 Å². The van der Waals surface area contributed by atoms with Gasteiger partial charge in [-0.15, -0.1) is 0 Å². The number of carboxylic acids is 1. The number of carbonyl (C=O) groups is 1. The summed E-state index contributed by atoms with van der Waals surface area (Å²) in [4.78, 5) is 12.7. The molecule has 76 valence electrons. The Morgan fingerprint density at radius 3 is 3.00 bits per heavy atom. The molecule has 0 aromatic heterocycles. The highest BCUT2D eigenvalue weighted by atomic mass is 16.4. The molecule has 0 saturated carbocycles. The zero-order valence-electron chi connectivity index (χ0n) is 8.33. The van der Waals surface area contributed by atoms with Crippen molar-refractivity contribution in [3.8, 4) is 0 Å². The van der Waals surface area contributed by atoms with Crippen molar-refractivity contribution in [2.45, 2.75) is 32.6 Å². The minimum atomic E-state index is -0.676. The van der Waals surface area contributed by atoms with E-state index in [9.17, 15) is 4.79 Å². The Hall–Kier alpha value is -0.570. The molecular weight excluding hydrogens is 166 g/mol. The van der Waals surface area contributed by atoms with E-state index in [1.807, 2.05) is 0 Å². The molecule has 1 fully saturated rings. The average Bonchev–Trinajstić information content (AvgIpc) is 2.03. The van der Waals surface area contributed by atoms with Crippen molar-refractivity contribution in [1.82, 2.24) is 4.90 Å². The van der Waals surface area contributed by atoms with Gasteiger partial charge in [-0.3, -0.25) is 4.79 Å². The molecule has 3 nitrogen and oxygen atoms in total. The third kappa shape index (κ3) is 4.27. The van der Waals surface area contributed by atoms with Gasteiger partial charge in [-0.1, -0.05) is 6.92 Å². The molecule has 1 atom stereocenters. The van der Waals surface area contributed by atoms with Gasteiger partial charge in [0.05, 0.1) is 0 Å². The lowest BCUT2D eigenvalue weighted by Gasteiger charge is -2.30. The maximum atomic E-state index is 10.3. The minimum absolute atomic E-state index is 0.310. The zero-order valence-corrected chi connectivity index (χ0v) is 8.33. The zero-order chi connectivity index (χ0) is 9.68. The van der Waals surface area contributed by atoms with Crippen molar-refractivity contribution in [3.05, 3.63) is 0 Å². The molecule has 0 unspecified atom stereocenters. The van der Waals surface area contributed by atoms with Gasteiger partial charge >= 0.3 is 5.97 Å². The Morgan fingerprint density at radius 2 is 2.38 bits per heavy atom. The van der Waals surface area contributed by atoms with Gasteiger partial charge < -0.3 is 10.0 Å². The maximum absolute atomic E-state index is 10.3. The van der Waals surface area contributed by atoms with Crippen LogP contribution >= 0.6 is 0 Å². The Kier molecular flexibility index (Phi) is 4.22. The van der Waals surface area contributed by atoms with Crippen molar-refractivity contribution in [3.63, 3.8) is 0 Å². The third-order valence-electron chi connectivity index (χ3n) is 2.61. The second-order valence-corrected chi connectivity index (χ2v) is 4.05. The van der Waals surface area contributed by atoms with Crippen LogP contribution in [0.5, 0.6) is 0 Å². The molecule has 0 amide bonds. The molecule has 1 aliphatic heterocycles. The largest absolute Gasteiger partial charge is 0.481 e. The second kappa shape index (κ2) is 5.22. The van der Waals surface area contributed by atoms with Crippen molar-refractivity contribution >= 4 is 5.97 Å². The summed E-state index contributed by atoms with van der Waals surface area (Å²) in [6.45, 7) is 5.53. The number of hydrogen-bond acceptors (Lipinski definition) is 2. The van der Waals surface area contributed by atoms with Gasteiger partial charge in [0.2, 0.25) is 0 Å². The van der Waals surface area contributed by atoms with E-state index in [0.29, 0.717) is 6.42 Å². The van der Waals surface area contributed by atoms with Crippen LogP contribution in [-0.2, 0) is 4.79 Å². The summed E-state index contributed by atoms with van der Waals surface area (Å²) < 4.78 is 0. The summed E-state index contributed by atoms with van der Waals surface area (Å²) in [6, 6.07) is 0. The van der Waals surface area contributed by atoms with Crippen LogP contribution in [-0.4, -0.2) is 35.6 Å². The van der Waals surface area contributed by atoms with Crippen molar-refractivity contribution in [2.24, 2.45) is 5.92 Å². The first-order chi connectivity index (χ1) is 6.18. The van der Waals surface area contributed by atoms with Crippen LogP contribution < -0.4 is 0 Å². The van der Waals surface area contributed by atoms with Crippen LogP contribution in [0.25, 0.3) is 0 Å². The van der Waals surface area contributed by atoms with Gasteiger partial charge in [-0.2, -0.15) is 0 Å². The van der Waals surface area contributed by atoms with Crippen molar-refractivity contribution in [2.75, 3.05) is 19.6 Å². The van der Waals surface area contributed by atoms with E-state index in [1.165, 1.54) is 12.8 Å². The molecule has 0 aromatic carbocycles. The summed E-state index contributed by atoms with van der Waals surface area (Å²) in [5, 5.41) is 8.48. The fourth-order valence-corrected chi connectivity index (χ4v) is 1.94. The normalized spacial score (nSPS) is 24.5. The van der Waals surface area contributed by atoms with E-state index in [2.05, 4.69) is 11.8 Å². The van der Waals surface area contributed by atoms with Crippen LogP contribution in [0.15, 0.2) is 0 Å². The Morgan fingerprint density at radius 1 is 1.62 bits per heavy atom. The van der Waals surface area contributed by atoms with E-state index in [-0.39, 0.29) is 0 Å². The van der Waals surface area contributed by atoms with Crippen LogP contribution in [0.1, 0.15) is 32.6 Å². The number of aliphatic carboxylic acids is 1. The average molecular weight is 185 g/mol. The predicted octanol–water partition coefficient (Wildman–Crippen LogP) is 1.58. The van der Waals surface area contributed by atoms with Gasteiger partial charge in [-0.05, 0) is 38.3 Å². The highest BCUT2D eigenvalue weighted by molar-refractivity contribution is 5.66. The number of carboxylic acid groups (broad SMARTS) is 1. The molecule has 3 heteroatoms. The SMILES string of the molecule is C[C@H]1CCCN(CCCC(=O)O)C1. The fourth-order valence-electron chi connectivity index (χ4n) is 1.94. The van der Waals surface area contributed by atoms with E-state index >= 15 is 0 Å². The molecule has 0 bridgehead atoms. The smallest absolute Gasteiger partial charge is 0.303 e. The van der Waals surface area contributed by atoms with Crippen LogP contribution in [0.4, 0.5) is 0 Å². The Balaban J connectivity index is 2.10. The van der Waals surface area contributed by atoms with Crippen molar-refractivity contribution < 1.29 is 9.90 Å². The lowest BCUT2D eigenvalue weighted by molar-refractivity contribution is -0.137. The van der Waals surface area contributed by atoms with Crippen molar-refractivity contribution in [1.29, 1.82) is 0 Å². The second-order valence-electron chi connectivity index (χ2n) is 4.05. The number of piperidine rings is 1. The summed E-state index contributed by atoms with van der Waals surface area (Å²) in [7, 11) is 0. The lowest BCUT2D eigenvalue weighted by Crippen LogP contribution is -2.35. The van der Waals surface area contributed by atoms with Gasteiger partial charge in [0, 0.05) is 13.0 Å². The van der Waals surface area contributed by atoms with Gasteiger partial charge in [-0.25, -0.2) is 0 Å². The first-order valence-corrected chi connectivity index (χ1v) is 5.12. The van der Waals surface area contributed by atoms with Crippen LogP contribution in [0.2, 0.25) is 0 Å². The highest BCUT2D eigenvalue weighted by Crippen LogP contribution is 2.15. The quantitative estimate of drug-likeness (QED) is 0.723. The fraction of sp³-hybridized carbons (Fsp3) is 0.900. The van der Waals surface area contributed by atoms with E-state index in [0.717, 1.165) is 32.0 Å². The molecule has 0 aliphatic carbocycles. The monoisotopic (exact) mass is 185 g/mol. The molecule has 0 aromatic rings. The summed E-state index contributed by atoms with van der Waals surface area (Å²) in [5.41, 5.74) is 0. The molecule has 0 radical (unpaired) electrons. The van der Waals surface area contributed by atoms with Crippen LogP contribution in [0.3, 0.4) is 0 Å². The summed E-state index contributed by atoms with van der Waals surface area (Å²) in [6.07, 6.45) is 3.70. The van der Waals surface area contributed by atoms with Gasteiger partial charge in [0.15, 0.2) is 0 Å². The molecule has 1 heterocycles. The van der Waals surface area contributed by atoms with Crippen LogP contribution in [0, 0.1) is 5.92 Å². The van der Waals surface area contributed by atoms with E-state index in [1.54, 1.807) is 0 Å². The molecule has 1 saturated heterocycles. The molecular formula is C10H19NO2. The van der Waals surface area contributed by atoms with E-state index < -0.39 is 5.97 Å². The van der Waals surface area contributed by atoms with Gasteiger partial charge in [0.25, 0.3) is 0 Å². The first kappa shape index (κ1) is 10.5. The molecule has 0 spiro atoms. The molecule has 1 aliphatic rings. The summed E-state index contributed by atoms with van der Waals surface area (Å²) >= 11 is 0. The molecule has 1 rings (SSSR count). The highest BCUT2D eigenvalue weighted by Gasteiger charge is 2.15. The standard InChI is InChI=1S/C10H19NO2/c1-9-4-2-6-11(8-9)7-3-5-10(12)13/h9H,2-8H2,1H3,(H,12,13)/t9-/m0/s1. The summed E-state index contributed by atoms with van der Waals surface area (Å²) in [5.74, 6) is 0.114. The predicted molar refractivity (Wildman–Crippen MR) is 51.7 cm³/mol. The van der Waals surface area contributed by atoms with Gasteiger partial charge in [0.1, 0.15) is 0 Å². The first-order valence-electron chi connectivity index (χ1n) is 5.12. The molecule has 1 N–H and O–H groups in total. The maximum Gasteiger partial charge on any atom is 0.303 e.